The van der Waals surface area contributed by atoms with Crippen molar-refractivity contribution in [2.75, 3.05) is 17.8 Å². The average Bonchev–Trinajstić information content (AvgIpc) is 2.32. The van der Waals surface area contributed by atoms with E-state index in [-0.39, 0.29) is 11.0 Å². The Morgan fingerprint density at radius 1 is 1.33 bits per heavy atom. The van der Waals surface area contributed by atoms with Crippen LogP contribution in [0.2, 0.25) is 5.15 Å². The monoisotopic (exact) mass is 290 g/mol. The maximum Gasteiger partial charge on any atom is 0.302 e. The summed E-state index contributed by atoms with van der Waals surface area (Å²) in [6.45, 7) is 3.21. The van der Waals surface area contributed by atoms with E-state index >= 15 is 0 Å². The molecule has 18 heavy (non-hydrogen) atoms. The highest BCUT2D eigenvalue weighted by Crippen LogP contribution is 2.19. The highest BCUT2D eigenvalue weighted by atomic mass is 35.5. The summed E-state index contributed by atoms with van der Waals surface area (Å²) in [6, 6.07) is 0. The van der Waals surface area contributed by atoms with Gasteiger partial charge in [-0.1, -0.05) is 18.5 Å². The molecular weight excluding hydrogens is 276 g/mol. The van der Waals surface area contributed by atoms with Gasteiger partial charge in [0.25, 0.3) is 0 Å². The molecule has 0 bridgehead atoms. The lowest BCUT2D eigenvalue weighted by Gasteiger charge is -2.29. The van der Waals surface area contributed by atoms with Gasteiger partial charge in [0.1, 0.15) is 5.15 Å². The molecule has 1 saturated heterocycles. The summed E-state index contributed by atoms with van der Waals surface area (Å²) in [5.41, 5.74) is 0. The molecule has 1 aliphatic heterocycles. The van der Waals surface area contributed by atoms with Gasteiger partial charge in [0.15, 0.2) is 5.82 Å². The molecule has 1 aromatic heterocycles. The molecule has 1 aromatic rings. The second-order valence-corrected chi connectivity index (χ2v) is 6.47. The molecular formula is C10H15ClN4O2S. The van der Waals surface area contributed by atoms with Crippen LogP contribution in [0.4, 0.5) is 5.82 Å². The van der Waals surface area contributed by atoms with E-state index in [9.17, 15) is 8.42 Å². The zero-order valence-corrected chi connectivity index (χ0v) is 11.6. The first kappa shape index (κ1) is 13.5. The molecule has 8 heteroatoms. The first-order chi connectivity index (χ1) is 8.47. The molecule has 2 heterocycles. The van der Waals surface area contributed by atoms with E-state index in [0.717, 1.165) is 12.8 Å². The van der Waals surface area contributed by atoms with Gasteiger partial charge in [-0.2, -0.15) is 12.7 Å². The van der Waals surface area contributed by atoms with Crippen LogP contribution in [0.1, 0.15) is 19.8 Å². The third-order valence-electron chi connectivity index (χ3n) is 2.94. The third kappa shape index (κ3) is 3.30. The van der Waals surface area contributed by atoms with Crippen LogP contribution in [-0.2, 0) is 10.2 Å². The first-order valence-electron chi connectivity index (χ1n) is 5.73. The molecule has 6 nitrogen and oxygen atoms in total. The molecule has 1 N–H and O–H groups in total. The zero-order valence-electron chi connectivity index (χ0n) is 10.0. The van der Waals surface area contributed by atoms with Crippen molar-refractivity contribution < 1.29 is 8.42 Å². The van der Waals surface area contributed by atoms with Gasteiger partial charge in [-0.25, -0.2) is 9.97 Å². The van der Waals surface area contributed by atoms with Gasteiger partial charge in [0.2, 0.25) is 0 Å². The van der Waals surface area contributed by atoms with Crippen molar-refractivity contribution in [3.05, 3.63) is 17.5 Å². The summed E-state index contributed by atoms with van der Waals surface area (Å²) in [6.07, 6.45) is 4.37. The molecule has 2 rings (SSSR count). The van der Waals surface area contributed by atoms with E-state index in [4.69, 9.17) is 11.6 Å². The summed E-state index contributed by atoms with van der Waals surface area (Å²) >= 11 is 5.59. The molecule has 0 spiro atoms. The average molecular weight is 291 g/mol. The Balaban J connectivity index is 2.05. The number of hydrogen-bond acceptors (Lipinski definition) is 4. The molecule has 100 valence electrons. The molecule has 0 aliphatic carbocycles. The van der Waals surface area contributed by atoms with Crippen LogP contribution in [0.5, 0.6) is 0 Å². The lowest BCUT2D eigenvalue weighted by atomic mass is 10.0. The number of nitrogens with zero attached hydrogens (tertiary/aromatic N) is 3. The molecule has 0 unspecified atom stereocenters. The van der Waals surface area contributed by atoms with Gasteiger partial charge in [-0.3, -0.25) is 4.72 Å². The molecule has 0 radical (unpaired) electrons. The first-order valence-corrected chi connectivity index (χ1v) is 7.54. The number of anilines is 1. The fraction of sp³-hybridized carbons (Fsp3) is 0.600. The number of rotatable bonds is 3. The lowest BCUT2D eigenvalue weighted by molar-refractivity contribution is 0.289. The van der Waals surface area contributed by atoms with Crippen molar-refractivity contribution in [3.63, 3.8) is 0 Å². The smallest absolute Gasteiger partial charge is 0.253 e. The zero-order chi connectivity index (χ0) is 13.2. The predicted octanol–water partition coefficient (Wildman–Crippen LogP) is 1.52. The fourth-order valence-electron chi connectivity index (χ4n) is 1.79. The Labute approximate surface area is 112 Å². The van der Waals surface area contributed by atoms with Crippen LogP contribution >= 0.6 is 11.6 Å². The van der Waals surface area contributed by atoms with Gasteiger partial charge in [0.05, 0.1) is 12.4 Å². The highest BCUT2D eigenvalue weighted by Gasteiger charge is 2.26. The number of nitrogens with one attached hydrogen (secondary N) is 1. The van der Waals surface area contributed by atoms with E-state index in [1.165, 1.54) is 16.7 Å². The Kier molecular flexibility index (Phi) is 4.04. The number of aromatic nitrogens is 2. The molecule has 0 saturated carbocycles. The van der Waals surface area contributed by atoms with Gasteiger partial charge < -0.3 is 0 Å². The number of hydrogen-bond donors (Lipinski definition) is 1. The van der Waals surface area contributed by atoms with Gasteiger partial charge in [-0.05, 0) is 18.8 Å². The minimum absolute atomic E-state index is 0.179. The van der Waals surface area contributed by atoms with E-state index in [1.54, 1.807) is 0 Å². The van der Waals surface area contributed by atoms with E-state index in [2.05, 4.69) is 21.6 Å². The van der Waals surface area contributed by atoms with Crippen molar-refractivity contribution in [1.29, 1.82) is 0 Å². The summed E-state index contributed by atoms with van der Waals surface area (Å²) in [7, 11) is -3.53. The second kappa shape index (κ2) is 5.38. The Morgan fingerprint density at radius 2 is 2.00 bits per heavy atom. The van der Waals surface area contributed by atoms with Crippen LogP contribution in [-0.4, -0.2) is 35.8 Å². The summed E-state index contributed by atoms with van der Waals surface area (Å²) in [5.74, 6) is 0.754. The van der Waals surface area contributed by atoms with E-state index < -0.39 is 10.2 Å². The van der Waals surface area contributed by atoms with E-state index in [1.807, 2.05) is 0 Å². The largest absolute Gasteiger partial charge is 0.302 e. The van der Waals surface area contributed by atoms with Gasteiger partial charge in [0, 0.05) is 13.1 Å². The van der Waals surface area contributed by atoms with Crippen molar-refractivity contribution in [2.24, 2.45) is 5.92 Å². The second-order valence-electron chi connectivity index (χ2n) is 4.41. The maximum absolute atomic E-state index is 12.1. The Morgan fingerprint density at radius 3 is 2.56 bits per heavy atom. The molecule has 0 amide bonds. The van der Waals surface area contributed by atoms with Crippen LogP contribution in [0.15, 0.2) is 12.4 Å². The Bertz CT molecular complexity index is 497. The van der Waals surface area contributed by atoms with Crippen molar-refractivity contribution in [3.8, 4) is 0 Å². The van der Waals surface area contributed by atoms with Crippen LogP contribution in [0.25, 0.3) is 0 Å². The lowest BCUT2D eigenvalue weighted by Crippen LogP contribution is -2.41. The minimum Gasteiger partial charge on any atom is -0.253 e. The van der Waals surface area contributed by atoms with Crippen molar-refractivity contribution in [1.82, 2.24) is 14.3 Å². The molecule has 0 aromatic carbocycles. The summed E-state index contributed by atoms with van der Waals surface area (Å²) in [4.78, 5) is 7.64. The molecule has 0 atom stereocenters. The third-order valence-corrected chi connectivity index (χ3v) is 4.64. The van der Waals surface area contributed by atoms with Crippen LogP contribution in [0.3, 0.4) is 0 Å². The van der Waals surface area contributed by atoms with E-state index in [0.29, 0.717) is 19.0 Å². The van der Waals surface area contributed by atoms with Crippen LogP contribution < -0.4 is 4.72 Å². The van der Waals surface area contributed by atoms with Gasteiger partial charge >= 0.3 is 10.2 Å². The minimum atomic E-state index is -3.53. The SMILES string of the molecule is CC1CCN(S(=O)(=O)Nc2cnc(Cl)cn2)CC1. The standard InChI is InChI=1S/C10H15ClN4O2S/c1-8-2-4-15(5-3-8)18(16,17)14-10-7-12-9(11)6-13-10/h6-8H,2-5H2,1H3,(H,13,14). The number of halogens is 1. The fourth-order valence-corrected chi connectivity index (χ4v) is 3.07. The van der Waals surface area contributed by atoms with Crippen molar-refractivity contribution >= 4 is 27.6 Å². The Hall–Kier alpha value is -0.920. The highest BCUT2D eigenvalue weighted by molar-refractivity contribution is 7.90. The molecule has 1 aliphatic rings. The predicted molar refractivity (Wildman–Crippen MR) is 69.6 cm³/mol. The van der Waals surface area contributed by atoms with Crippen molar-refractivity contribution in [2.45, 2.75) is 19.8 Å². The quantitative estimate of drug-likeness (QED) is 0.916. The maximum atomic E-state index is 12.1. The summed E-state index contributed by atoms with van der Waals surface area (Å²) in [5, 5.41) is 0.227. The number of piperidine rings is 1. The molecule has 1 fully saturated rings. The topological polar surface area (TPSA) is 75.2 Å². The summed E-state index contributed by atoms with van der Waals surface area (Å²) < 4.78 is 28.0. The van der Waals surface area contributed by atoms with Crippen LogP contribution in [0, 0.1) is 5.92 Å². The normalized spacial score (nSPS) is 18.8. The van der Waals surface area contributed by atoms with Gasteiger partial charge in [-0.15, -0.1) is 0 Å².